The molecule has 1 aliphatic heterocycles. The van der Waals surface area contributed by atoms with Crippen LogP contribution in [0.5, 0.6) is 0 Å². The number of fused-ring (bicyclic) bond motifs is 2. The second-order valence-electron chi connectivity index (χ2n) is 6.40. The first kappa shape index (κ1) is 16.1. The van der Waals surface area contributed by atoms with E-state index in [1.54, 1.807) is 0 Å². The Labute approximate surface area is 151 Å². The predicted molar refractivity (Wildman–Crippen MR) is 102 cm³/mol. The molecule has 6 nitrogen and oxygen atoms in total. The van der Waals surface area contributed by atoms with Crippen LogP contribution in [-0.4, -0.2) is 46.3 Å². The predicted octanol–water partition coefficient (Wildman–Crippen LogP) is 3.32. The van der Waals surface area contributed by atoms with Crippen LogP contribution in [0, 0.1) is 0 Å². The summed E-state index contributed by atoms with van der Waals surface area (Å²) in [6, 6.07) is 8.24. The Bertz CT molecular complexity index is 960. The van der Waals surface area contributed by atoms with Crippen molar-refractivity contribution in [2.45, 2.75) is 13.1 Å². The molecule has 0 saturated heterocycles. The number of nitrogens with one attached hydrogen (secondary N) is 1. The van der Waals surface area contributed by atoms with E-state index in [9.17, 15) is 0 Å². The minimum absolute atomic E-state index is 0.238. The second kappa shape index (κ2) is 6.46. The SMILES string of the molecule is CN(C)CCn1ccc2c(Nc3ccc4c(c3)C=NC4)nc(Cl)nc21. The van der Waals surface area contributed by atoms with Gasteiger partial charge in [0.1, 0.15) is 11.5 Å². The van der Waals surface area contributed by atoms with E-state index in [4.69, 9.17) is 11.6 Å². The van der Waals surface area contributed by atoms with E-state index >= 15 is 0 Å². The average Bonchev–Trinajstić information content (AvgIpc) is 3.19. The Morgan fingerprint density at radius 1 is 1.24 bits per heavy atom. The van der Waals surface area contributed by atoms with Gasteiger partial charge >= 0.3 is 0 Å². The number of hydrogen-bond acceptors (Lipinski definition) is 5. The van der Waals surface area contributed by atoms with Gasteiger partial charge in [0.2, 0.25) is 5.28 Å². The number of likely N-dealkylation sites (N-methyl/N-ethyl adjacent to an activating group) is 1. The van der Waals surface area contributed by atoms with Gasteiger partial charge in [-0.2, -0.15) is 9.97 Å². The molecule has 1 aromatic carbocycles. The molecule has 3 heterocycles. The van der Waals surface area contributed by atoms with E-state index in [-0.39, 0.29) is 5.28 Å². The van der Waals surface area contributed by atoms with E-state index in [0.29, 0.717) is 5.82 Å². The lowest BCUT2D eigenvalue weighted by atomic mass is 10.1. The highest BCUT2D eigenvalue weighted by Gasteiger charge is 2.13. The first-order chi connectivity index (χ1) is 12.1. The molecule has 1 aliphatic rings. The van der Waals surface area contributed by atoms with Crippen molar-refractivity contribution < 1.29 is 0 Å². The van der Waals surface area contributed by atoms with Gasteiger partial charge in [0.05, 0.1) is 11.9 Å². The summed E-state index contributed by atoms with van der Waals surface area (Å²) in [5.74, 6) is 0.716. The molecule has 0 aliphatic carbocycles. The molecule has 25 heavy (non-hydrogen) atoms. The van der Waals surface area contributed by atoms with Gasteiger partial charge in [0.15, 0.2) is 0 Å². The van der Waals surface area contributed by atoms with Crippen LogP contribution < -0.4 is 5.32 Å². The van der Waals surface area contributed by atoms with Crippen LogP contribution >= 0.6 is 11.6 Å². The number of aromatic nitrogens is 3. The second-order valence-corrected chi connectivity index (χ2v) is 6.74. The maximum Gasteiger partial charge on any atom is 0.226 e. The standard InChI is InChI=1S/C18H19ClN6/c1-24(2)7-8-25-6-5-15-16(22-18(19)23-17(15)25)21-14-4-3-12-10-20-11-13(12)9-14/h3-6,9,11H,7-8,10H2,1-2H3,(H,21,22,23). The lowest BCUT2D eigenvalue weighted by molar-refractivity contribution is 0.386. The molecule has 0 fully saturated rings. The van der Waals surface area contributed by atoms with Crippen molar-refractivity contribution in [3.8, 4) is 0 Å². The quantitative estimate of drug-likeness (QED) is 0.714. The van der Waals surface area contributed by atoms with E-state index in [2.05, 4.69) is 56.0 Å². The van der Waals surface area contributed by atoms with E-state index in [0.717, 1.165) is 41.9 Å². The van der Waals surface area contributed by atoms with Crippen LogP contribution in [-0.2, 0) is 13.1 Å². The molecular weight excluding hydrogens is 336 g/mol. The van der Waals surface area contributed by atoms with Crippen LogP contribution in [0.4, 0.5) is 11.5 Å². The summed E-state index contributed by atoms with van der Waals surface area (Å²) in [7, 11) is 4.11. The first-order valence-corrected chi connectivity index (χ1v) is 8.55. The van der Waals surface area contributed by atoms with Crippen molar-refractivity contribution in [1.82, 2.24) is 19.4 Å². The highest BCUT2D eigenvalue weighted by Crippen LogP contribution is 2.28. The minimum atomic E-state index is 0.238. The van der Waals surface area contributed by atoms with Gasteiger partial charge < -0.3 is 14.8 Å². The summed E-state index contributed by atoms with van der Waals surface area (Å²) in [6.07, 6.45) is 3.93. The highest BCUT2D eigenvalue weighted by atomic mass is 35.5. The molecule has 7 heteroatoms. The summed E-state index contributed by atoms with van der Waals surface area (Å²) in [5, 5.41) is 4.57. The number of aliphatic imine (C=N–C) groups is 1. The average molecular weight is 355 g/mol. The number of rotatable bonds is 5. The molecule has 2 aromatic heterocycles. The fraction of sp³-hybridized carbons (Fsp3) is 0.278. The number of nitrogens with zero attached hydrogens (tertiary/aromatic N) is 5. The van der Waals surface area contributed by atoms with Crippen molar-refractivity contribution in [3.05, 3.63) is 46.9 Å². The number of hydrogen-bond donors (Lipinski definition) is 1. The van der Waals surface area contributed by atoms with Crippen LogP contribution in [0.15, 0.2) is 35.5 Å². The molecule has 0 spiro atoms. The minimum Gasteiger partial charge on any atom is -0.340 e. The Kier molecular flexibility index (Phi) is 4.15. The third kappa shape index (κ3) is 3.23. The summed E-state index contributed by atoms with van der Waals surface area (Å²) in [6.45, 7) is 2.53. The molecule has 0 unspecified atom stereocenters. The Morgan fingerprint density at radius 2 is 2.12 bits per heavy atom. The maximum absolute atomic E-state index is 6.17. The van der Waals surface area contributed by atoms with Crippen LogP contribution in [0.2, 0.25) is 5.28 Å². The van der Waals surface area contributed by atoms with Crippen molar-refractivity contribution in [2.24, 2.45) is 4.99 Å². The van der Waals surface area contributed by atoms with Gasteiger partial charge in [-0.05, 0) is 55.0 Å². The van der Waals surface area contributed by atoms with Crippen LogP contribution in [0.25, 0.3) is 11.0 Å². The normalized spacial score (nSPS) is 13.0. The van der Waals surface area contributed by atoms with Crippen molar-refractivity contribution in [1.29, 1.82) is 0 Å². The van der Waals surface area contributed by atoms with Crippen molar-refractivity contribution >= 4 is 40.4 Å². The molecule has 3 aromatic rings. The third-order valence-corrected chi connectivity index (χ3v) is 4.45. The molecule has 4 rings (SSSR count). The summed E-state index contributed by atoms with van der Waals surface area (Å²) < 4.78 is 2.10. The lowest BCUT2D eigenvalue weighted by Crippen LogP contribution is -2.18. The van der Waals surface area contributed by atoms with Crippen LogP contribution in [0.3, 0.4) is 0 Å². The molecule has 0 amide bonds. The maximum atomic E-state index is 6.17. The van der Waals surface area contributed by atoms with Gasteiger partial charge in [0, 0.05) is 31.2 Å². The zero-order valence-electron chi connectivity index (χ0n) is 14.2. The fourth-order valence-corrected chi connectivity index (χ4v) is 3.10. The van der Waals surface area contributed by atoms with Gasteiger partial charge in [-0.15, -0.1) is 0 Å². The van der Waals surface area contributed by atoms with E-state index in [1.807, 2.05) is 24.5 Å². The van der Waals surface area contributed by atoms with Crippen LogP contribution in [0.1, 0.15) is 11.1 Å². The molecule has 1 N–H and O–H groups in total. The lowest BCUT2D eigenvalue weighted by Gasteiger charge is -2.12. The summed E-state index contributed by atoms with van der Waals surface area (Å²) in [5.41, 5.74) is 4.19. The van der Waals surface area contributed by atoms with Crippen molar-refractivity contribution in [3.63, 3.8) is 0 Å². The largest absolute Gasteiger partial charge is 0.340 e. The number of halogens is 1. The first-order valence-electron chi connectivity index (χ1n) is 8.17. The third-order valence-electron chi connectivity index (χ3n) is 4.28. The summed E-state index contributed by atoms with van der Waals surface area (Å²) >= 11 is 6.17. The molecule has 0 radical (unpaired) electrons. The highest BCUT2D eigenvalue weighted by molar-refractivity contribution is 6.28. The molecule has 0 bridgehead atoms. The molecule has 0 saturated carbocycles. The van der Waals surface area contributed by atoms with Gasteiger partial charge in [0.25, 0.3) is 0 Å². The smallest absolute Gasteiger partial charge is 0.226 e. The molecule has 0 atom stereocenters. The molecule has 128 valence electrons. The zero-order chi connectivity index (χ0) is 17.4. The topological polar surface area (TPSA) is 58.3 Å². The number of anilines is 2. The Hall–Kier alpha value is -2.44. The zero-order valence-corrected chi connectivity index (χ0v) is 15.0. The summed E-state index contributed by atoms with van der Waals surface area (Å²) in [4.78, 5) is 15.2. The van der Waals surface area contributed by atoms with Crippen molar-refractivity contribution in [2.75, 3.05) is 26.0 Å². The fourth-order valence-electron chi connectivity index (χ4n) is 2.94. The van der Waals surface area contributed by atoms with Gasteiger partial charge in [-0.1, -0.05) is 6.07 Å². The Morgan fingerprint density at radius 3 is 2.96 bits per heavy atom. The van der Waals surface area contributed by atoms with E-state index < -0.39 is 0 Å². The van der Waals surface area contributed by atoms with Gasteiger partial charge in [-0.3, -0.25) is 4.99 Å². The Balaban J connectivity index is 1.68. The molecular formula is C18H19ClN6. The number of benzene rings is 1. The monoisotopic (exact) mass is 354 g/mol. The van der Waals surface area contributed by atoms with E-state index in [1.165, 1.54) is 5.56 Å². The van der Waals surface area contributed by atoms with Gasteiger partial charge in [-0.25, -0.2) is 0 Å².